The molecule has 0 spiro atoms. The predicted molar refractivity (Wildman–Crippen MR) is 192 cm³/mol. The van der Waals surface area contributed by atoms with Crippen molar-refractivity contribution in [1.82, 2.24) is 0 Å². The van der Waals surface area contributed by atoms with Crippen molar-refractivity contribution in [3.8, 4) is 0 Å². The van der Waals surface area contributed by atoms with Crippen LogP contribution in [0.25, 0.3) is 24.3 Å². The van der Waals surface area contributed by atoms with Crippen molar-refractivity contribution in [2.24, 2.45) is 0 Å². The molecule has 2 saturated carbocycles. The molecule has 5 aliphatic rings. The minimum Gasteiger partial charge on any atom is -0.391 e. The number of aliphatic hydroxyl groups is 1. The van der Waals surface area contributed by atoms with Gasteiger partial charge in [-0.15, -0.1) is 0 Å². The third kappa shape index (κ3) is 5.87. The zero-order valence-corrected chi connectivity index (χ0v) is 27.2. The van der Waals surface area contributed by atoms with Gasteiger partial charge in [-0.1, -0.05) is 110 Å². The molecule has 240 valence electrons. The number of fused-ring (bicyclic) bond motifs is 5. The maximum atomic E-state index is 11.8. The molecule has 0 amide bonds. The number of hydrogen-bond acceptors (Lipinski definition) is 6. The van der Waals surface area contributed by atoms with Crippen LogP contribution in [0.5, 0.6) is 0 Å². The Balaban J connectivity index is 0.000000139. The molecule has 4 aromatic rings. The molecule has 47 heavy (non-hydrogen) atoms. The zero-order chi connectivity index (χ0) is 31.7. The average molecular weight is 645 g/mol. The number of aliphatic hydroxyl groups excluding tert-OH is 1. The fourth-order valence-corrected chi connectivity index (χ4v) is 8.83. The third-order valence-corrected chi connectivity index (χ3v) is 10.9. The van der Waals surface area contributed by atoms with Gasteiger partial charge in [-0.3, -0.25) is 8.37 Å². The first-order valence-electron chi connectivity index (χ1n) is 16.9. The number of anilines is 4. The summed E-state index contributed by atoms with van der Waals surface area (Å²) in [4.78, 5) is 4.74. The molecule has 1 saturated heterocycles. The average Bonchev–Trinajstić information content (AvgIpc) is 3.31. The maximum absolute atomic E-state index is 11.8. The van der Waals surface area contributed by atoms with E-state index in [-0.39, 0.29) is 30.4 Å². The molecule has 1 unspecified atom stereocenters. The van der Waals surface area contributed by atoms with Gasteiger partial charge in [-0.05, 0) is 78.6 Å². The van der Waals surface area contributed by atoms with E-state index in [1.54, 1.807) is 0 Å². The minimum atomic E-state index is -1.63. The highest BCUT2D eigenvalue weighted by Gasteiger charge is 2.46. The summed E-state index contributed by atoms with van der Waals surface area (Å²) < 4.78 is 23.0. The van der Waals surface area contributed by atoms with Gasteiger partial charge < -0.3 is 14.9 Å². The lowest BCUT2D eigenvalue weighted by Crippen LogP contribution is -2.48. The summed E-state index contributed by atoms with van der Waals surface area (Å²) in [6.07, 6.45) is 15.4. The Kier molecular flexibility index (Phi) is 8.55. The van der Waals surface area contributed by atoms with E-state index in [0.717, 1.165) is 49.9 Å². The van der Waals surface area contributed by atoms with Crippen LogP contribution in [0, 0.1) is 0 Å². The largest absolute Gasteiger partial charge is 0.391 e. The highest BCUT2D eigenvalue weighted by Crippen LogP contribution is 2.44. The standard InChI is InChI=1S/C20H19NO3S.C20H21NO/c22-25-23-19-11-5-10-18(20(19)24-25)21-16-8-3-1-6-14(16)12-13-15-7-2-4-9-17(15)21;22-20-12-6-5-11-19(20)21-17-9-3-1-7-15(17)13-14-16-8-2-4-10-18(16)21/h1-4,6-9,12-13,18-20H,5,10-11H2;1-4,7-10,13-14,19-20,22H,5-6,11-12H2/t18-,19-,20+,25?;19-,20-/m11/s1. The summed E-state index contributed by atoms with van der Waals surface area (Å²) in [7, 11) is 0. The van der Waals surface area contributed by atoms with E-state index in [1.807, 2.05) is 0 Å². The molecule has 3 fully saturated rings. The molecule has 2 aliphatic carbocycles. The van der Waals surface area contributed by atoms with Crippen molar-refractivity contribution in [2.75, 3.05) is 9.80 Å². The molecule has 6 atom stereocenters. The molecule has 4 aromatic carbocycles. The Morgan fingerprint density at radius 1 is 0.532 bits per heavy atom. The van der Waals surface area contributed by atoms with Gasteiger partial charge in [-0.2, -0.15) is 4.21 Å². The predicted octanol–water partition coefficient (Wildman–Crippen LogP) is 8.84. The normalized spacial score (nSPS) is 27.2. The monoisotopic (exact) mass is 644 g/mol. The smallest absolute Gasteiger partial charge is 0.305 e. The lowest BCUT2D eigenvalue weighted by atomic mass is 9.88. The molecular weight excluding hydrogens is 605 g/mol. The molecule has 9 rings (SSSR count). The lowest BCUT2D eigenvalue weighted by Gasteiger charge is -2.40. The minimum absolute atomic E-state index is 0.0879. The second-order valence-corrected chi connectivity index (χ2v) is 13.8. The Morgan fingerprint density at radius 3 is 1.45 bits per heavy atom. The van der Waals surface area contributed by atoms with Crippen LogP contribution in [0.15, 0.2) is 97.1 Å². The van der Waals surface area contributed by atoms with E-state index in [1.165, 1.54) is 40.0 Å². The van der Waals surface area contributed by atoms with Crippen LogP contribution in [0.2, 0.25) is 0 Å². The van der Waals surface area contributed by atoms with E-state index in [9.17, 15) is 9.32 Å². The van der Waals surface area contributed by atoms with Gasteiger partial charge in [0.25, 0.3) is 0 Å². The van der Waals surface area contributed by atoms with E-state index in [4.69, 9.17) is 8.37 Å². The highest BCUT2D eigenvalue weighted by molar-refractivity contribution is 7.75. The first-order valence-corrected chi connectivity index (χ1v) is 17.9. The number of hydrogen-bond donors (Lipinski definition) is 1. The molecule has 3 aliphatic heterocycles. The van der Waals surface area contributed by atoms with Gasteiger partial charge in [0.15, 0.2) is 0 Å². The van der Waals surface area contributed by atoms with Crippen LogP contribution in [0.3, 0.4) is 0 Å². The number of nitrogens with zero attached hydrogens (tertiary/aromatic N) is 2. The second kappa shape index (κ2) is 13.2. The maximum Gasteiger partial charge on any atom is 0.305 e. The zero-order valence-electron chi connectivity index (χ0n) is 26.4. The van der Waals surface area contributed by atoms with Crippen molar-refractivity contribution in [3.05, 3.63) is 119 Å². The summed E-state index contributed by atoms with van der Waals surface area (Å²) in [5.41, 5.74) is 9.53. The van der Waals surface area contributed by atoms with Gasteiger partial charge in [-0.25, -0.2) is 0 Å². The first-order chi connectivity index (χ1) is 23.2. The van der Waals surface area contributed by atoms with Gasteiger partial charge in [0.2, 0.25) is 0 Å². The van der Waals surface area contributed by atoms with E-state index >= 15 is 0 Å². The van der Waals surface area contributed by atoms with Gasteiger partial charge >= 0.3 is 11.4 Å². The quantitative estimate of drug-likeness (QED) is 0.235. The van der Waals surface area contributed by atoms with Crippen LogP contribution in [-0.4, -0.2) is 39.7 Å². The van der Waals surface area contributed by atoms with E-state index in [0.29, 0.717) is 0 Å². The van der Waals surface area contributed by atoms with Crippen molar-refractivity contribution >= 4 is 58.4 Å². The second-order valence-electron chi connectivity index (χ2n) is 13.0. The van der Waals surface area contributed by atoms with Gasteiger partial charge in [0, 0.05) is 22.7 Å². The highest BCUT2D eigenvalue weighted by atomic mass is 32.2. The number of rotatable bonds is 2. The molecular formula is C40H40N2O4S. The molecule has 1 N–H and O–H groups in total. The van der Waals surface area contributed by atoms with Crippen molar-refractivity contribution in [2.45, 2.75) is 75.3 Å². The summed E-state index contributed by atoms with van der Waals surface area (Å²) in [6, 6.07) is 34.1. The summed E-state index contributed by atoms with van der Waals surface area (Å²) in [5, 5.41) is 10.6. The molecule has 0 radical (unpaired) electrons. The number of benzene rings is 4. The Morgan fingerprint density at radius 2 is 0.957 bits per heavy atom. The van der Waals surface area contributed by atoms with Crippen molar-refractivity contribution in [1.29, 1.82) is 0 Å². The molecule has 3 heterocycles. The molecule has 0 bridgehead atoms. The Labute approximate surface area is 279 Å². The van der Waals surface area contributed by atoms with Crippen LogP contribution >= 0.6 is 0 Å². The Hall–Kier alpha value is -4.01. The van der Waals surface area contributed by atoms with Gasteiger partial charge in [0.05, 0.1) is 18.2 Å². The topological polar surface area (TPSA) is 62.2 Å². The SMILES string of the molecule is O=S1O[C@H]2[C@H](N3c4ccccc4C=Cc4ccccc43)CCC[C@H]2O1.O[C@@H]1CCCC[C@H]1N1c2ccccc2C=Cc2ccccc21. The molecule has 0 aromatic heterocycles. The molecule has 6 nitrogen and oxygen atoms in total. The van der Waals surface area contributed by atoms with Gasteiger partial charge in [0.1, 0.15) is 12.2 Å². The third-order valence-electron chi connectivity index (χ3n) is 10.2. The van der Waals surface area contributed by atoms with Crippen LogP contribution in [0.1, 0.15) is 67.2 Å². The van der Waals surface area contributed by atoms with E-state index < -0.39 is 11.4 Å². The van der Waals surface area contributed by atoms with Crippen LogP contribution < -0.4 is 9.80 Å². The van der Waals surface area contributed by atoms with Crippen molar-refractivity contribution in [3.63, 3.8) is 0 Å². The lowest BCUT2D eigenvalue weighted by molar-refractivity contribution is 0.0920. The first kappa shape index (κ1) is 30.3. The number of para-hydroxylation sites is 4. The summed E-state index contributed by atoms with van der Waals surface area (Å²) in [6.45, 7) is 0. The Bertz CT molecular complexity index is 1740. The fourth-order valence-electron chi connectivity index (χ4n) is 7.94. The fraction of sp³-hybridized carbons (Fsp3) is 0.300. The van der Waals surface area contributed by atoms with Crippen LogP contribution in [-0.2, 0) is 19.7 Å². The summed E-state index contributed by atoms with van der Waals surface area (Å²) >= 11 is -1.63. The van der Waals surface area contributed by atoms with E-state index in [2.05, 4.69) is 131 Å². The molecule has 7 heteroatoms. The van der Waals surface area contributed by atoms with Crippen molar-refractivity contribution < 1.29 is 17.7 Å². The summed E-state index contributed by atoms with van der Waals surface area (Å²) in [5.74, 6) is 0. The van der Waals surface area contributed by atoms with Crippen LogP contribution in [0.4, 0.5) is 22.7 Å².